The fraction of sp³-hybridized carbons (Fsp3) is 0.385. The molecule has 1 aromatic rings. The van der Waals surface area contributed by atoms with Crippen LogP contribution in [0.2, 0.25) is 0 Å². The van der Waals surface area contributed by atoms with E-state index >= 15 is 0 Å². The van der Waals surface area contributed by atoms with E-state index < -0.39 is 33.2 Å². The van der Waals surface area contributed by atoms with Crippen molar-refractivity contribution in [2.24, 2.45) is 5.14 Å². The molecule has 1 amide bonds. The number of rotatable bonds is 4. The van der Waals surface area contributed by atoms with Gasteiger partial charge in [0, 0.05) is 13.0 Å². The zero-order chi connectivity index (χ0) is 16.5. The highest BCUT2D eigenvalue weighted by Crippen LogP contribution is 2.30. The highest BCUT2D eigenvalue weighted by molar-refractivity contribution is 7.89. The number of primary sulfonamides is 1. The zero-order valence-electron chi connectivity index (χ0n) is 11.8. The number of aromatic hydroxyl groups is 1. The molecule has 1 saturated heterocycles. The number of phenols is 1. The van der Waals surface area contributed by atoms with Crippen molar-refractivity contribution in [3.8, 4) is 5.75 Å². The van der Waals surface area contributed by atoms with Crippen molar-refractivity contribution in [2.75, 3.05) is 13.7 Å². The third-order valence-corrected chi connectivity index (χ3v) is 4.78. The molecule has 0 saturated carbocycles. The van der Waals surface area contributed by atoms with E-state index in [-0.39, 0.29) is 18.7 Å². The summed E-state index contributed by atoms with van der Waals surface area (Å²) in [6.07, 6.45) is -0.273. The summed E-state index contributed by atoms with van der Waals surface area (Å²) in [5.41, 5.74) is 0.410. The van der Waals surface area contributed by atoms with E-state index in [0.717, 1.165) is 4.90 Å². The second kappa shape index (κ2) is 5.93. The lowest BCUT2D eigenvalue weighted by atomic mass is 10.1. The van der Waals surface area contributed by atoms with E-state index in [1.165, 1.54) is 31.4 Å². The Morgan fingerprint density at radius 2 is 2.00 bits per heavy atom. The zero-order valence-corrected chi connectivity index (χ0v) is 12.6. The molecule has 1 aliphatic heterocycles. The molecule has 1 unspecified atom stereocenters. The number of carbonyl (C=O) groups is 2. The van der Waals surface area contributed by atoms with Crippen LogP contribution in [-0.2, 0) is 24.3 Å². The molecule has 0 spiro atoms. The van der Waals surface area contributed by atoms with Gasteiger partial charge in [0.05, 0.1) is 7.11 Å². The number of hydrogen-bond donors (Lipinski definition) is 2. The Balaban J connectivity index is 2.36. The average molecular weight is 328 g/mol. The molecule has 0 bridgehead atoms. The molecule has 0 radical (unpaired) electrons. The van der Waals surface area contributed by atoms with Crippen LogP contribution in [0.25, 0.3) is 0 Å². The summed E-state index contributed by atoms with van der Waals surface area (Å²) in [6, 6.07) is 4.58. The van der Waals surface area contributed by atoms with Crippen molar-refractivity contribution >= 4 is 21.9 Å². The normalized spacial score (nSPS) is 20.0. The average Bonchev–Trinajstić information content (AvgIpc) is 2.83. The molecular formula is C13H16N2O6S. The molecule has 1 heterocycles. The van der Waals surface area contributed by atoms with Crippen molar-refractivity contribution in [2.45, 2.75) is 17.7 Å². The van der Waals surface area contributed by atoms with Crippen LogP contribution >= 0.6 is 0 Å². The minimum absolute atomic E-state index is 0.00234. The Hall–Kier alpha value is -2.13. The van der Waals surface area contributed by atoms with Gasteiger partial charge in [0.25, 0.3) is 0 Å². The summed E-state index contributed by atoms with van der Waals surface area (Å²) in [5, 5.41) is 13.3. The van der Waals surface area contributed by atoms with Crippen LogP contribution in [0, 0.1) is 0 Å². The lowest BCUT2D eigenvalue weighted by Gasteiger charge is -2.26. The summed E-state index contributed by atoms with van der Waals surface area (Å²) >= 11 is 0. The fourth-order valence-corrected chi connectivity index (χ4v) is 3.12. The van der Waals surface area contributed by atoms with E-state index in [0.29, 0.717) is 5.56 Å². The molecule has 1 aliphatic rings. The van der Waals surface area contributed by atoms with Gasteiger partial charge in [-0.2, -0.15) is 0 Å². The maximum absolute atomic E-state index is 12.1. The predicted molar refractivity (Wildman–Crippen MR) is 76.1 cm³/mol. The summed E-state index contributed by atoms with van der Waals surface area (Å²) < 4.78 is 27.5. The van der Waals surface area contributed by atoms with Gasteiger partial charge in [0.15, 0.2) is 6.04 Å². The third-order valence-electron chi connectivity index (χ3n) is 3.53. The highest BCUT2D eigenvalue weighted by Gasteiger charge is 2.43. The summed E-state index contributed by atoms with van der Waals surface area (Å²) in [7, 11) is -2.70. The Morgan fingerprint density at radius 1 is 1.41 bits per heavy atom. The molecule has 0 aliphatic carbocycles. The van der Waals surface area contributed by atoms with Crippen molar-refractivity contribution in [1.82, 2.24) is 4.90 Å². The highest BCUT2D eigenvalue weighted by atomic mass is 32.2. The van der Waals surface area contributed by atoms with Gasteiger partial charge in [0.2, 0.25) is 15.9 Å². The lowest BCUT2D eigenvalue weighted by Crippen LogP contribution is -2.38. The number of amides is 1. The van der Waals surface area contributed by atoms with Crippen LogP contribution in [-0.4, -0.2) is 49.2 Å². The topological polar surface area (TPSA) is 127 Å². The van der Waals surface area contributed by atoms with E-state index in [2.05, 4.69) is 0 Å². The minimum atomic E-state index is -3.88. The second-order valence-electron chi connectivity index (χ2n) is 4.98. The monoisotopic (exact) mass is 328 g/mol. The number of likely N-dealkylation sites (tertiary alicyclic amines) is 1. The number of nitrogens with zero attached hydrogens (tertiary/aromatic N) is 1. The van der Waals surface area contributed by atoms with Gasteiger partial charge in [-0.3, -0.25) is 4.79 Å². The van der Waals surface area contributed by atoms with Crippen molar-refractivity contribution in [1.29, 1.82) is 0 Å². The van der Waals surface area contributed by atoms with Gasteiger partial charge < -0.3 is 14.7 Å². The Kier molecular flexibility index (Phi) is 4.38. The summed E-state index contributed by atoms with van der Waals surface area (Å²) in [5.74, 6) is -1.20. The summed E-state index contributed by atoms with van der Waals surface area (Å²) in [6.45, 7) is -0.182. The first kappa shape index (κ1) is 16.2. The molecule has 2 rings (SSSR count). The van der Waals surface area contributed by atoms with Gasteiger partial charge in [-0.25, -0.2) is 18.4 Å². The van der Waals surface area contributed by atoms with E-state index in [9.17, 15) is 23.1 Å². The number of esters is 1. The van der Waals surface area contributed by atoms with Crippen molar-refractivity contribution in [3.05, 3.63) is 29.8 Å². The molecule has 9 heteroatoms. The van der Waals surface area contributed by atoms with Crippen LogP contribution < -0.4 is 5.14 Å². The van der Waals surface area contributed by atoms with Gasteiger partial charge in [-0.15, -0.1) is 0 Å². The largest absolute Gasteiger partial charge is 0.508 e. The standard InChI is InChI=1S/C13H16N2O6S/c1-21-13(18)12(8-2-4-9(16)5-3-8)15-7-10(6-11(15)17)22(14,19)20/h2-5,10,12,16H,6-7H2,1H3,(H2,14,19,20)/t10?,12-/m1/s1. The second-order valence-corrected chi connectivity index (χ2v) is 6.82. The molecule has 22 heavy (non-hydrogen) atoms. The quantitative estimate of drug-likeness (QED) is 0.717. The van der Waals surface area contributed by atoms with Crippen LogP contribution in [0.3, 0.4) is 0 Å². The number of nitrogens with two attached hydrogens (primary N) is 1. The maximum atomic E-state index is 12.1. The molecule has 120 valence electrons. The smallest absolute Gasteiger partial charge is 0.333 e. The SMILES string of the molecule is COC(=O)[C@@H](c1ccc(O)cc1)N1CC(S(N)(=O)=O)CC1=O. The third kappa shape index (κ3) is 3.20. The van der Waals surface area contributed by atoms with E-state index in [1.807, 2.05) is 0 Å². The van der Waals surface area contributed by atoms with E-state index in [4.69, 9.17) is 9.88 Å². The van der Waals surface area contributed by atoms with Crippen LogP contribution in [0.5, 0.6) is 5.75 Å². The first-order chi connectivity index (χ1) is 10.2. The number of methoxy groups -OCH3 is 1. The van der Waals surface area contributed by atoms with Crippen LogP contribution in [0.15, 0.2) is 24.3 Å². The number of ether oxygens (including phenoxy) is 1. The molecule has 1 aromatic carbocycles. The van der Waals surface area contributed by atoms with Crippen LogP contribution in [0.1, 0.15) is 18.0 Å². The minimum Gasteiger partial charge on any atom is -0.508 e. The van der Waals surface area contributed by atoms with Crippen LogP contribution in [0.4, 0.5) is 0 Å². The van der Waals surface area contributed by atoms with Gasteiger partial charge >= 0.3 is 5.97 Å². The maximum Gasteiger partial charge on any atom is 0.333 e. The molecule has 8 nitrogen and oxygen atoms in total. The van der Waals surface area contributed by atoms with Gasteiger partial charge in [0.1, 0.15) is 11.0 Å². The Morgan fingerprint density at radius 3 is 2.45 bits per heavy atom. The number of phenolic OH excluding ortho intramolecular Hbond substituents is 1. The number of sulfonamides is 1. The van der Waals surface area contributed by atoms with Gasteiger partial charge in [-0.05, 0) is 17.7 Å². The first-order valence-corrected chi connectivity index (χ1v) is 8.03. The number of carbonyl (C=O) groups excluding carboxylic acids is 2. The molecule has 3 N–H and O–H groups in total. The van der Waals surface area contributed by atoms with Gasteiger partial charge in [-0.1, -0.05) is 12.1 Å². The first-order valence-electron chi connectivity index (χ1n) is 6.42. The van der Waals surface area contributed by atoms with Crippen molar-refractivity contribution in [3.63, 3.8) is 0 Å². The summed E-state index contributed by atoms with van der Waals surface area (Å²) in [4.78, 5) is 25.2. The molecule has 1 fully saturated rings. The Bertz CT molecular complexity index is 685. The molecule has 0 aromatic heterocycles. The van der Waals surface area contributed by atoms with Crippen molar-refractivity contribution < 1.29 is 27.9 Å². The Labute approximate surface area is 127 Å². The fourth-order valence-electron chi connectivity index (χ4n) is 2.38. The van der Waals surface area contributed by atoms with E-state index in [1.54, 1.807) is 0 Å². The predicted octanol–water partition coefficient (Wildman–Crippen LogP) is -0.504. The molecular weight excluding hydrogens is 312 g/mol. The number of hydrogen-bond acceptors (Lipinski definition) is 6. The molecule has 2 atom stereocenters. The number of benzene rings is 1. The lowest BCUT2D eigenvalue weighted by molar-refractivity contribution is -0.151.